The monoisotopic (exact) mass is 566 g/mol. The van der Waals surface area contributed by atoms with E-state index >= 15 is 0 Å². The van der Waals surface area contributed by atoms with Crippen LogP contribution in [0, 0.1) is 5.82 Å². The zero-order valence-electron chi connectivity index (χ0n) is 18.9. The Morgan fingerprint density at radius 3 is 2.94 bits per heavy atom. The fourth-order valence-corrected chi connectivity index (χ4v) is 5.23. The van der Waals surface area contributed by atoms with Crippen LogP contribution in [-0.4, -0.2) is 72.2 Å². The molecule has 2 aliphatic rings. The van der Waals surface area contributed by atoms with Gasteiger partial charge in [-0.3, -0.25) is 14.7 Å². The van der Waals surface area contributed by atoms with E-state index < -0.39 is 23.8 Å². The van der Waals surface area contributed by atoms with Gasteiger partial charge in [-0.2, -0.15) is 0 Å². The summed E-state index contributed by atoms with van der Waals surface area (Å²) in [5.41, 5.74) is 1.52. The molecule has 12 heteroatoms. The Balaban J connectivity index is 1.70. The van der Waals surface area contributed by atoms with E-state index in [0.29, 0.717) is 64.8 Å². The maximum Gasteiger partial charge on any atom is 0.338 e. The molecule has 2 atom stereocenters. The number of amidine groups is 1. The van der Waals surface area contributed by atoms with Gasteiger partial charge in [-0.15, -0.1) is 11.3 Å². The van der Waals surface area contributed by atoms with Gasteiger partial charge in [-0.05, 0) is 24.1 Å². The molecule has 0 amide bonds. The zero-order chi connectivity index (χ0) is 24.9. The SMILES string of the molecule is COC(=O)C1=C(CN2CCO[C@@H](CCC(=O)O)C2)NC(c2nccs2)=N[C@H]1c1ccc(F)cc1Br. The minimum Gasteiger partial charge on any atom is -0.481 e. The number of nitrogens with one attached hydrogen (secondary N) is 1. The molecule has 1 aromatic heterocycles. The molecule has 2 aromatic rings. The Labute approximate surface area is 213 Å². The summed E-state index contributed by atoms with van der Waals surface area (Å²) in [6.45, 7) is 1.93. The molecular weight excluding hydrogens is 543 g/mol. The number of nitrogens with zero attached hydrogens (tertiary/aromatic N) is 3. The number of aliphatic carboxylic acids is 1. The van der Waals surface area contributed by atoms with Crippen molar-refractivity contribution in [1.29, 1.82) is 0 Å². The second-order valence-electron chi connectivity index (χ2n) is 8.05. The third kappa shape index (κ3) is 6.13. The molecule has 9 nitrogen and oxygen atoms in total. The van der Waals surface area contributed by atoms with Crippen LogP contribution >= 0.6 is 27.3 Å². The molecule has 0 aliphatic carbocycles. The number of benzene rings is 1. The van der Waals surface area contributed by atoms with Crippen molar-refractivity contribution in [1.82, 2.24) is 15.2 Å². The van der Waals surface area contributed by atoms with Gasteiger partial charge in [0, 0.05) is 47.8 Å². The van der Waals surface area contributed by atoms with E-state index in [2.05, 4.69) is 31.1 Å². The van der Waals surface area contributed by atoms with E-state index in [0.717, 1.165) is 0 Å². The van der Waals surface area contributed by atoms with E-state index in [1.54, 1.807) is 12.3 Å². The van der Waals surface area contributed by atoms with Crippen LogP contribution in [0.4, 0.5) is 4.39 Å². The molecule has 186 valence electrons. The number of thiazole rings is 1. The van der Waals surface area contributed by atoms with Crippen LogP contribution in [0.5, 0.6) is 0 Å². The van der Waals surface area contributed by atoms with Crippen LogP contribution in [0.25, 0.3) is 0 Å². The van der Waals surface area contributed by atoms with Crippen molar-refractivity contribution in [3.63, 3.8) is 0 Å². The number of aliphatic imine (C=N–C) groups is 1. The largest absolute Gasteiger partial charge is 0.481 e. The number of rotatable bonds is 8. The fraction of sp³-hybridized carbons (Fsp3) is 0.391. The van der Waals surface area contributed by atoms with Crippen molar-refractivity contribution in [3.8, 4) is 0 Å². The molecule has 1 fully saturated rings. The summed E-state index contributed by atoms with van der Waals surface area (Å²) in [5.74, 6) is -1.33. The first-order chi connectivity index (χ1) is 16.9. The summed E-state index contributed by atoms with van der Waals surface area (Å²) < 4.78 is 25.2. The van der Waals surface area contributed by atoms with Crippen molar-refractivity contribution in [2.75, 3.05) is 33.4 Å². The van der Waals surface area contributed by atoms with Crippen molar-refractivity contribution in [3.05, 3.63) is 61.9 Å². The summed E-state index contributed by atoms with van der Waals surface area (Å²) >= 11 is 4.82. The normalized spacial score (nSPS) is 20.8. The summed E-state index contributed by atoms with van der Waals surface area (Å²) in [6, 6.07) is 3.50. The molecule has 3 heterocycles. The molecule has 0 spiro atoms. The summed E-state index contributed by atoms with van der Waals surface area (Å²) in [7, 11) is 1.31. The third-order valence-corrected chi connectivity index (χ3v) is 7.17. The number of halogens is 2. The molecule has 0 saturated carbocycles. The topological polar surface area (TPSA) is 113 Å². The Morgan fingerprint density at radius 1 is 1.43 bits per heavy atom. The van der Waals surface area contributed by atoms with Gasteiger partial charge in [-0.1, -0.05) is 22.0 Å². The third-order valence-electron chi connectivity index (χ3n) is 5.71. The number of carbonyl (C=O) groups excluding carboxylic acids is 1. The Kier molecular flexibility index (Phi) is 8.26. The Morgan fingerprint density at radius 2 is 2.26 bits per heavy atom. The van der Waals surface area contributed by atoms with Gasteiger partial charge >= 0.3 is 11.9 Å². The second-order valence-corrected chi connectivity index (χ2v) is 9.80. The maximum absolute atomic E-state index is 13.8. The van der Waals surface area contributed by atoms with Gasteiger partial charge in [0.15, 0.2) is 10.8 Å². The average Bonchev–Trinajstić information content (AvgIpc) is 3.37. The molecule has 0 bridgehead atoms. The first kappa shape index (κ1) is 25.4. The number of aromatic nitrogens is 1. The summed E-state index contributed by atoms with van der Waals surface area (Å²) in [4.78, 5) is 35.2. The van der Waals surface area contributed by atoms with Crippen molar-refractivity contribution < 1.29 is 28.6 Å². The van der Waals surface area contributed by atoms with Gasteiger partial charge in [0.2, 0.25) is 0 Å². The van der Waals surface area contributed by atoms with E-state index in [1.165, 1.54) is 30.6 Å². The second kappa shape index (κ2) is 11.4. The van der Waals surface area contributed by atoms with Crippen molar-refractivity contribution in [2.45, 2.75) is 25.0 Å². The van der Waals surface area contributed by atoms with E-state index in [-0.39, 0.29) is 12.5 Å². The lowest BCUT2D eigenvalue weighted by Crippen LogP contribution is -2.46. The minimum atomic E-state index is -0.868. The van der Waals surface area contributed by atoms with Crippen LogP contribution in [0.3, 0.4) is 0 Å². The number of hydrogen-bond acceptors (Lipinski definition) is 9. The smallest absolute Gasteiger partial charge is 0.338 e. The number of hydrogen-bond donors (Lipinski definition) is 2. The molecular formula is C23H24BrFN4O5S. The number of carboxylic acids is 1. The van der Waals surface area contributed by atoms with Gasteiger partial charge < -0.3 is 19.9 Å². The van der Waals surface area contributed by atoms with Crippen molar-refractivity contribution in [2.24, 2.45) is 4.99 Å². The molecule has 4 rings (SSSR count). The predicted octanol–water partition coefficient (Wildman–Crippen LogP) is 3.13. The highest BCUT2D eigenvalue weighted by Crippen LogP contribution is 2.37. The highest BCUT2D eigenvalue weighted by Gasteiger charge is 2.35. The van der Waals surface area contributed by atoms with Gasteiger partial charge in [0.05, 0.1) is 25.4 Å². The molecule has 1 saturated heterocycles. The lowest BCUT2D eigenvalue weighted by molar-refractivity contribution is -0.138. The van der Waals surface area contributed by atoms with E-state index in [1.807, 2.05) is 5.38 Å². The quantitative estimate of drug-likeness (QED) is 0.468. The molecule has 1 aromatic carbocycles. The highest BCUT2D eigenvalue weighted by atomic mass is 79.9. The Bertz CT molecular complexity index is 1160. The predicted molar refractivity (Wildman–Crippen MR) is 131 cm³/mol. The van der Waals surface area contributed by atoms with E-state index in [9.17, 15) is 14.0 Å². The lowest BCUT2D eigenvalue weighted by atomic mass is 9.95. The first-order valence-electron chi connectivity index (χ1n) is 10.9. The molecule has 0 radical (unpaired) electrons. The molecule has 2 aliphatic heterocycles. The fourth-order valence-electron chi connectivity index (χ4n) is 4.07. The van der Waals surface area contributed by atoms with Gasteiger partial charge in [0.25, 0.3) is 0 Å². The van der Waals surface area contributed by atoms with Crippen molar-refractivity contribution >= 4 is 45.0 Å². The van der Waals surface area contributed by atoms with Crippen LogP contribution in [0.2, 0.25) is 0 Å². The van der Waals surface area contributed by atoms with Crippen LogP contribution in [0.1, 0.15) is 29.5 Å². The minimum absolute atomic E-state index is 0.0222. The standard InChI is InChI=1S/C23H24BrFN4O5S/c1-33-23(32)19-17(12-29-7-8-34-14(11-29)3-5-18(30)31)27-21(22-26-6-9-35-22)28-20(19)15-4-2-13(25)10-16(15)24/h2,4,6,9-10,14,20H,3,5,7-8,11-12H2,1H3,(H,27,28)(H,30,31)/t14-,20-/m0/s1. The lowest BCUT2D eigenvalue weighted by Gasteiger charge is -2.35. The van der Waals surface area contributed by atoms with Crippen LogP contribution in [0.15, 0.2) is 50.5 Å². The number of ether oxygens (including phenoxy) is 2. The maximum atomic E-state index is 13.8. The zero-order valence-corrected chi connectivity index (χ0v) is 21.3. The summed E-state index contributed by atoms with van der Waals surface area (Å²) in [6.07, 6.45) is 1.87. The Hall–Kier alpha value is -2.67. The molecule has 35 heavy (non-hydrogen) atoms. The number of esters is 1. The van der Waals surface area contributed by atoms with Gasteiger partial charge in [-0.25, -0.2) is 14.2 Å². The molecule has 0 unspecified atom stereocenters. The van der Waals surface area contributed by atoms with Crippen LogP contribution in [-0.2, 0) is 19.1 Å². The van der Waals surface area contributed by atoms with Gasteiger partial charge in [0.1, 0.15) is 11.9 Å². The van der Waals surface area contributed by atoms with E-state index in [4.69, 9.17) is 19.6 Å². The first-order valence-corrected chi connectivity index (χ1v) is 12.6. The number of methoxy groups -OCH3 is 1. The van der Waals surface area contributed by atoms with Crippen LogP contribution < -0.4 is 5.32 Å². The summed E-state index contributed by atoms with van der Waals surface area (Å²) in [5, 5.41) is 14.8. The number of carbonyl (C=O) groups is 2. The number of carboxylic acid groups (broad SMARTS) is 1. The molecule has 2 N–H and O–H groups in total. The highest BCUT2D eigenvalue weighted by molar-refractivity contribution is 9.10. The number of morpholine rings is 1. The average molecular weight is 567 g/mol.